The van der Waals surface area contributed by atoms with Gasteiger partial charge in [0.2, 0.25) is 5.91 Å². The molecule has 0 aromatic carbocycles. The highest BCUT2D eigenvalue weighted by atomic mass is 16.3. The molecule has 4 nitrogen and oxygen atoms in total. The van der Waals surface area contributed by atoms with Gasteiger partial charge in [0, 0.05) is 19.6 Å². The second-order valence-corrected chi connectivity index (χ2v) is 5.83. The number of carbonyl (C=O) groups excluding carboxylic acids is 1. The zero-order chi connectivity index (χ0) is 14.3. The standard InChI is InChI=1S/C15H30N2O2/c1-4-9-17(10-11-18)12-15(19)16(3)14-8-6-5-7-13(14)2/h13-14,18H,4-12H2,1-3H3. The Balaban J connectivity index is 2.50. The van der Waals surface area contributed by atoms with Gasteiger partial charge in [-0.2, -0.15) is 0 Å². The van der Waals surface area contributed by atoms with Gasteiger partial charge in [0.15, 0.2) is 0 Å². The minimum Gasteiger partial charge on any atom is -0.395 e. The number of amides is 1. The third-order valence-electron chi connectivity index (χ3n) is 4.27. The average Bonchev–Trinajstić information content (AvgIpc) is 2.39. The van der Waals surface area contributed by atoms with Gasteiger partial charge in [0.25, 0.3) is 0 Å². The van der Waals surface area contributed by atoms with Crippen molar-refractivity contribution in [1.82, 2.24) is 9.80 Å². The average molecular weight is 270 g/mol. The second kappa shape index (κ2) is 8.54. The fourth-order valence-corrected chi connectivity index (χ4v) is 3.09. The van der Waals surface area contributed by atoms with E-state index in [1.165, 1.54) is 19.3 Å². The quantitative estimate of drug-likeness (QED) is 0.766. The van der Waals surface area contributed by atoms with Crippen LogP contribution in [0, 0.1) is 5.92 Å². The molecule has 1 aliphatic rings. The number of hydrogen-bond acceptors (Lipinski definition) is 3. The van der Waals surface area contributed by atoms with E-state index in [1.54, 1.807) is 0 Å². The number of carbonyl (C=O) groups is 1. The summed E-state index contributed by atoms with van der Waals surface area (Å²) in [5.41, 5.74) is 0. The normalized spacial score (nSPS) is 23.6. The predicted molar refractivity (Wildman–Crippen MR) is 78.0 cm³/mol. The molecule has 0 radical (unpaired) electrons. The molecule has 112 valence electrons. The Morgan fingerprint density at radius 2 is 1.95 bits per heavy atom. The first-order valence-corrected chi connectivity index (χ1v) is 7.69. The highest BCUT2D eigenvalue weighted by molar-refractivity contribution is 5.78. The van der Waals surface area contributed by atoms with E-state index in [2.05, 4.69) is 13.8 Å². The van der Waals surface area contributed by atoms with Crippen molar-refractivity contribution in [2.75, 3.05) is 33.3 Å². The molecule has 19 heavy (non-hydrogen) atoms. The summed E-state index contributed by atoms with van der Waals surface area (Å²) in [6, 6.07) is 0.402. The molecule has 1 N–H and O–H groups in total. The molecular weight excluding hydrogens is 240 g/mol. The maximum absolute atomic E-state index is 12.4. The van der Waals surface area contributed by atoms with Crippen molar-refractivity contribution in [3.8, 4) is 0 Å². The van der Waals surface area contributed by atoms with Crippen LogP contribution in [0.25, 0.3) is 0 Å². The molecule has 0 heterocycles. The van der Waals surface area contributed by atoms with E-state index < -0.39 is 0 Å². The largest absolute Gasteiger partial charge is 0.395 e. The Labute approximate surface area is 117 Å². The lowest BCUT2D eigenvalue weighted by molar-refractivity contribution is -0.134. The van der Waals surface area contributed by atoms with E-state index in [4.69, 9.17) is 5.11 Å². The van der Waals surface area contributed by atoms with Crippen molar-refractivity contribution >= 4 is 5.91 Å². The van der Waals surface area contributed by atoms with Crippen molar-refractivity contribution < 1.29 is 9.90 Å². The van der Waals surface area contributed by atoms with Crippen molar-refractivity contribution in [1.29, 1.82) is 0 Å². The summed E-state index contributed by atoms with van der Waals surface area (Å²) in [7, 11) is 1.94. The Morgan fingerprint density at radius 3 is 2.53 bits per heavy atom. The smallest absolute Gasteiger partial charge is 0.236 e. The van der Waals surface area contributed by atoms with Gasteiger partial charge in [-0.15, -0.1) is 0 Å². The molecule has 0 bridgehead atoms. The summed E-state index contributed by atoms with van der Waals surface area (Å²) in [6.07, 6.45) is 5.92. The molecule has 1 rings (SSSR count). The molecule has 0 spiro atoms. The Kier molecular flexibility index (Phi) is 7.39. The molecule has 0 aliphatic heterocycles. The van der Waals surface area contributed by atoms with Crippen LogP contribution in [0.4, 0.5) is 0 Å². The number of likely N-dealkylation sites (N-methyl/N-ethyl adjacent to an activating group) is 1. The van der Waals surface area contributed by atoms with Crippen LogP contribution < -0.4 is 0 Å². The van der Waals surface area contributed by atoms with Crippen LogP contribution in [-0.4, -0.2) is 60.1 Å². The molecule has 1 fully saturated rings. The summed E-state index contributed by atoms with van der Waals surface area (Å²) in [4.78, 5) is 16.3. The minimum absolute atomic E-state index is 0.122. The molecule has 0 aromatic heterocycles. The van der Waals surface area contributed by atoms with Gasteiger partial charge in [-0.25, -0.2) is 0 Å². The maximum atomic E-state index is 12.4. The summed E-state index contributed by atoms with van der Waals surface area (Å²) < 4.78 is 0. The zero-order valence-electron chi connectivity index (χ0n) is 12.8. The third-order valence-corrected chi connectivity index (χ3v) is 4.27. The lowest BCUT2D eigenvalue weighted by atomic mass is 9.85. The van der Waals surface area contributed by atoms with Crippen molar-refractivity contribution in [3.05, 3.63) is 0 Å². The molecule has 1 aliphatic carbocycles. The van der Waals surface area contributed by atoms with E-state index >= 15 is 0 Å². The van der Waals surface area contributed by atoms with E-state index in [0.717, 1.165) is 19.4 Å². The summed E-state index contributed by atoms with van der Waals surface area (Å²) in [6.45, 7) is 6.38. The fraction of sp³-hybridized carbons (Fsp3) is 0.933. The van der Waals surface area contributed by atoms with E-state index in [9.17, 15) is 4.79 Å². The lowest BCUT2D eigenvalue weighted by Crippen LogP contribution is -2.47. The van der Waals surface area contributed by atoms with Crippen LogP contribution in [0.5, 0.6) is 0 Å². The Bertz CT molecular complexity index is 265. The van der Waals surface area contributed by atoms with Crippen molar-refractivity contribution in [3.63, 3.8) is 0 Å². The second-order valence-electron chi connectivity index (χ2n) is 5.83. The molecule has 2 unspecified atom stereocenters. The van der Waals surface area contributed by atoms with Gasteiger partial charge < -0.3 is 10.0 Å². The summed E-state index contributed by atoms with van der Waals surface area (Å²) in [5.74, 6) is 0.806. The zero-order valence-corrected chi connectivity index (χ0v) is 12.8. The number of aliphatic hydroxyl groups excluding tert-OH is 1. The third kappa shape index (κ3) is 5.11. The van der Waals surface area contributed by atoms with Crippen LogP contribution >= 0.6 is 0 Å². The van der Waals surface area contributed by atoms with Gasteiger partial charge in [-0.1, -0.05) is 26.7 Å². The van der Waals surface area contributed by atoms with Gasteiger partial charge >= 0.3 is 0 Å². The molecule has 2 atom stereocenters. The highest BCUT2D eigenvalue weighted by Gasteiger charge is 2.28. The van der Waals surface area contributed by atoms with Crippen LogP contribution in [0.15, 0.2) is 0 Å². The van der Waals surface area contributed by atoms with E-state index in [1.807, 2.05) is 16.8 Å². The first kappa shape index (κ1) is 16.4. The summed E-state index contributed by atoms with van der Waals surface area (Å²) in [5, 5.41) is 9.04. The van der Waals surface area contributed by atoms with Gasteiger partial charge in [-0.05, 0) is 31.7 Å². The van der Waals surface area contributed by atoms with Gasteiger partial charge in [-0.3, -0.25) is 9.69 Å². The van der Waals surface area contributed by atoms with Crippen molar-refractivity contribution in [2.45, 2.75) is 52.0 Å². The molecule has 0 aromatic rings. The number of rotatable bonds is 7. The Hall–Kier alpha value is -0.610. The number of aliphatic hydroxyl groups is 1. The van der Waals surface area contributed by atoms with Crippen LogP contribution in [0.1, 0.15) is 46.0 Å². The van der Waals surface area contributed by atoms with Gasteiger partial charge in [0.1, 0.15) is 0 Å². The predicted octanol–water partition coefficient (Wildman–Crippen LogP) is 1.73. The molecule has 1 saturated carbocycles. The first-order valence-electron chi connectivity index (χ1n) is 7.69. The maximum Gasteiger partial charge on any atom is 0.236 e. The van der Waals surface area contributed by atoms with E-state index in [0.29, 0.717) is 25.0 Å². The van der Waals surface area contributed by atoms with Crippen LogP contribution in [0.3, 0.4) is 0 Å². The number of nitrogens with zero attached hydrogens (tertiary/aromatic N) is 2. The van der Waals surface area contributed by atoms with Crippen LogP contribution in [-0.2, 0) is 4.79 Å². The molecule has 4 heteroatoms. The SMILES string of the molecule is CCCN(CCO)CC(=O)N(C)C1CCCCC1C. The summed E-state index contributed by atoms with van der Waals surface area (Å²) >= 11 is 0. The minimum atomic E-state index is 0.122. The fourth-order valence-electron chi connectivity index (χ4n) is 3.09. The topological polar surface area (TPSA) is 43.8 Å². The monoisotopic (exact) mass is 270 g/mol. The van der Waals surface area contributed by atoms with Crippen molar-refractivity contribution in [2.24, 2.45) is 5.92 Å². The number of hydrogen-bond donors (Lipinski definition) is 1. The van der Waals surface area contributed by atoms with Gasteiger partial charge in [0.05, 0.1) is 13.2 Å². The van der Waals surface area contributed by atoms with E-state index in [-0.39, 0.29) is 12.5 Å². The molecule has 1 amide bonds. The Morgan fingerprint density at radius 1 is 1.26 bits per heavy atom. The lowest BCUT2D eigenvalue weighted by Gasteiger charge is -2.37. The molecular formula is C15H30N2O2. The van der Waals surface area contributed by atoms with Crippen LogP contribution in [0.2, 0.25) is 0 Å². The highest BCUT2D eigenvalue weighted by Crippen LogP contribution is 2.27. The first-order chi connectivity index (χ1) is 9.10. The molecule has 0 saturated heterocycles.